The molecule has 0 saturated carbocycles. The van der Waals surface area contributed by atoms with Crippen LogP contribution in [0.3, 0.4) is 0 Å². The second-order valence-electron chi connectivity index (χ2n) is 4.12. The SMILES string of the molecule is CCN(C)CCNC(=O)c1cc(C)nc(NC)n1. The van der Waals surface area contributed by atoms with E-state index in [0.717, 1.165) is 18.8 Å². The molecule has 1 aromatic heterocycles. The van der Waals surface area contributed by atoms with Crippen LogP contribution in [0, 0.1) is 6.92 Å². The third-order valence-corrected chi connectivity index (χ3v) is 2.63. The Balaban J connectivity index is 2.58. The van der Waals surface area contributed by atoms with E-state index in [1.807, 2.05) is 14.0 Å². The molecule has 0 atom stereocenters. The van der Waals surface area contributed by atoms with Crippen LogP contribution >= 0.6 is 0 Å². The fourth-order valence-electron chi connectivity index (χ4n) is 1.41. The number of carbonyl (C=O) groups excluding carboxylic acids is 1. The van der Waals surface area contributed by atoms with Crippen molar-refractivity contribution in [1.29, 1.82) is 0 Å². The summed E-state index contributed by atoms with van der Waals surface area (Å²) in [6, 6.07) is 1.68. The minimum absolute atomic E-state index is 0.165. The van der Waals surface area contributed by atoms with Gasteiger partial charge in [0.1, 0.15) is 5.69 Å². The van der Waals surface area contributed by atoms with Crippen LogP contribution in [0.1, 0.15) is 23.1 Å². The first-order valence-corrected chi connectivity index (χ1v) is 6.07. The molecular weight excluding hydrogens is 230 g/mol. The van der Waals surface area contributed by atoms with Crippen LogP contribution in [-0.4, -0.2) is 54.5 Å². The predicted octanol–water partition coefficient (Wildman–Crippen LogP) is 0.508. The van der Waals surface area contributed by atoms with Gasteiger partial charge in [0, 0.05) is 25.8 Å². The van der Waals surface area contributed by atoms with Gasteiger partial charge in [-0.25, -0.2) is 9.97 Å². The van der Waals surface area contributed by atoms with E-state index in [0.29, 0.717) is 18.2 Å². The molecule has 18 heavy (non-hydrogen) atoms. The first-order chi connectivity index (χ1) is 8.56. The molecule has 0 bridgehead atoms. The number of aromatic nitrogens is 2. The highest BCUT2D eigenvalue weighted by molar-refractivity contribution is 5.92. The normalized spacial score (nSPS) is 10.5. The molecule has 100 valence electrons. The average molecular weight is 251 g/mol. The number of hydrogen-bond donors (Lipinski definition) is 2. The number of anilines is 1. The molecule has 1 heterocycles. The minimum Gasteiger partial charge on any atom is -0.357 e. The first kappa shape index (κ1) is 14.4. The van der Waals surface area contributed by atoms with E-state index >= 15 is 0 Å². The Hall–Kier alpha value is -1.69. The van der Waals surface area contributed by atoms with Crippen molar-refractivity contribution in [2.24, 2.45) is 0 Å². The van der Waals surface area contributed by atoms with Gasteiger partial charge in [0.15, 0.2) is 0 Å². The molecule has 0 aliphatic heterocycles. The van der Waals surface area contributed by atoms with Crippen molar-refractivity contribution in [3.63, 3.8) is 0 Å². The number of amides is 1. The van der Waals surface area contributed by atoms with E-state index in [1.165, 1.54) is 0 Å². The Morgan fingerprint density at radius 3 is 2.78 bits per heavy atom. The van der Waals surface area contributed by atoms with Gasteiger partial charge in [-0.05, 0) is 26.6 Å². The summed E-state index contributed by atoms with van der Waals surface area (Å²) < 4.78 is 0. The molecule has 6 heteroatoms. The Labute approximate surface area is 108 Å². The summed E-state index contributed by atoms with van der Waals surface area (Å²) in [5.74, 6) is 0.298. The summed E-state index contributed by atoms with van der Waals surface area (Å²) >= 11 is 0. The lowest BCUT2D eigenvalue weighted by Gasteiger charge is -2.14. The second kappa shape index (κ2) is 6.90. The Kier molecular flexibility index (Phi) is 5.51. The molecule has 1 rings (SSSR count). The molecular formula is C12H21N5O. The molecule has 0 fully saturated rings. The van der Waals surface area contributed by atoms with Gasteiger partial charge < -0.3 is 15.5 Å². The van der Waals surface area contributed by atoms with Gasteiger partial charge in [-0.15, -0.1) is 0 Å². The number of rotatable bonds is 6. The van der Waals surface area contributed by atoms with E-state index in [1.54, 1.807) is 13.1 Å². The van der Waals surface area contributed by atoms with Crippen molar-refractivity contribution in [3.8, 4) is 0 Å². The monoisotopic (exact) mass is 251 g/mol. The molecule has 0 aromatic carbocycles. The first-order valence-electron chi connectivity index (χ1n) is 6.07. The predicted molar refractivity (Wildman–Crippen MR) is 71.8 cm³/mol. The summed E-state index contributed by atoms with van der Waals surface area (Å²) in [5, 5.41) is 5.68. The van der Waals surface area contributed by atoms with Crippen molar-refractivity contribution in [2.75, 3.05) is 39.0 Å². The minimum atomic E-state index is -0.165. The lowest BCUT2D eigenvalue weighted by Crippen LogP contribution is -2.33. The Morgan fingerprint density at radius 2 is 2.17 bits per heavy atom. The highest BCUT2D eigenvalue weighted by atomic mass is 16.1. The molecule has 0 radical (unpaired) electrons. The molecule has 1 aromatic rings. The number of nitrogens with one attached hydrogen (secondary N) is 2. The fraction of sp³-hybridized carbons (Fsp3) is 0.583. The standard InChI is InChI=1S/C12H21N5O/c1-5-17(4)7-6-14-11(18)10-8-9(2)15-12(13-3)16-10/h8H,5-7H2,1-4H3,(H,14,18)(H,13,15,16). The number of nitrogens with zero attached hydrogens (tertiary/aromatic N) is 3. The van der Waals surface area contributed by atoms with Gasteiger partial charge in [-0.1, -0.05) is 6.92 Å². The Bertz CT molecular complexity index is 407. The van der Waals surface area contributed by atoms with Crippen molar-refractivity contribution in [1.82, 2.24) is 20.2 Å². The summed E-state index contributed by atoms with van der Waals surface area (Å²) in [6.45, 7) is 6.32. The molecule has 0 saturated heterocycles. The zero-order valence-corrected chi connectivity index (χ0v) is 11.4. The van der Waals surface area contributed by atoms with Crippen LogP contribution in [0.5, 0.6) is 0 Å². The van der Waals surface area contributed by atoms with Gasteiger partial charge in [0.05, 0.1) is 0 Å². The molecule has 0 aliphatic carbocycles. The zero-order chi connectivity index (χ0) is 13.5. The third-order valence-electron chi connectivity index (χ3n) is 2.63. The van der Waals surface area contributed by atoms with Crippen LogP contribution in [-0.2, 0) is 0 Å². The molecule has 2 N–H and O–H groups in total. The van der Waals surface area contributed by atoms with Gasteiger partial charge in [0.25, 0.3) is 5.91 Å². The van der Waals surface area contributed by atoms with E-state index in [9.17, 15) is 4.79 Å². The molecule has 0 unspecified atom stereocenters. The number of hydrogen-bond acceptors (Lipinski definition) is 5. The molecule has 0 aliphatic rings. The summed E-state index contributed by atoms with van der Waals surface area (Å²) in [7, 11) is 3.74. The lowest BCUT2D eigenvalue weighted by molar-refractivity contribution is 0.0945. The van der Waals surface area contributed by atoms with Crippen LogP contribution in [0.4, 0.5) is 5.95 Å². The second-order valence-corrected chi connectivity index (χ2v) is 4.12. The number of likely N-dealkylation sites (N-methyl/N-ethyl adjacent to an activating group) is 1. The Morgan fingerprint density at radius 1 is 1.44 bits per heavy atom. The summed E-state index contributed by atoms with van der Waals surface area (Å²) in [6.07, 6.45) is 0. The number of carbonyl (C=O) groups is 1. The fourth-order valence-corrected chi connectivity index (χ4v) is 1.41. The zero-order valence-electron chi connectivity index (χ0n) is 11.4. The molecule has 6 nitrogen and oxygen atoms in total. The van der Waals surface area contributed by atoms with Gasteiger partial charge >= 0.3 is 0 Å². The summed E-state index contributed by atoms with van der Waals surface area (Å²) in [5.41, 5.74) is 1.16. The van der Waals surface area contributed by atoms with E-state index in [-0.39, 0.29) is 5.91 Å². The average Bonchev–Trinajstić information content (AvgIpc) is 2.37. The largest absolute Gasteiger partial charge is 0.357 e. The van der Waals surface area contributed by atoms with E-state index < -0.39 is 0 Å². The van der Waals surface area contributed by atoms with Crippen molar-refractivity contribution in [2.45, 2.75) is 13.8 Å². The maximum absolute atomic E-state index is 11.9. The summed E-state index contributed by atoms with van der Waals surface area (Å²) in [4.78, 5) is 22.3. The van der Waals surface area contributed by atoms with E-state index in [4.69, 9.17) is 0 Å². The quantitative estimate of drug-likeness (QED) is 0.771. The van der Waals surface area contributed by atoms with Crippen LogP contribution in [0.25, 0.3) is 0 Å². The molecule has 0 spiro atoms. The van der Waals surface area contributed by atoms with Crippen LogP contribution < -0.4 is 10.6 Å². The topological polar surface area (TPSA) is 70.2 Å². The maximum Gasteiger partial charge on any atom is 0.270 e. The van der Waals surface area contributed by atoms with E-state index in [2.05, 4.69) is 32.4 Å². The van der Waals surface area contributed by atoms with Gasteiger partial charge in [-0.2, -0.15) is 0 Å². The molecule has 1 amide bonds. The van der Waals surface area contributed by atoms with Crippen molar-refractivity contribution < 1.29 is 4.79 Å². The highest BCUT2D eigenvalue weighted by Crippen LogP contribution is 2.03. The van der Waals surface area contributed by atoms with Gasteiger partial charge in [0.2, 0.25) is 5.95 Å². The maximum atomic E-state index is 11.9. The van der Waals surface area contributed by atoms with Crippen LogP contribution in [0.15, 0.2) is 6.07 Å². The van der Waals surface area contributed by atoms with Crippen molar-refractivity contribution in [3.05, 3.63) is 17.5 Å². The smallest absolute Gasteiger partial charge is 0.270 e. The third kappa shape index (κ3) is 4.29. The number of aryl methyl sites for hydroxylation is 1. The van der Waals surface area contributed by atoms with Gasteiger partial charge in [-0.3, -0.25) is 4.79 Å². The van der Waals surface area contributed by atoms with Crippen LogP contribution in [0.2, 0.25) is 0 Å². The lowest BCUT2D eigenvalue weighted by atomic mass is 10.3. The highest BCUT2D eigenvalue weighted by Gasteiger charge is 2.09. The van der Waals surface area contributed by atoms with Crippen molar-refractivity contribution >= 4 is 11.9 Å².